The van der Waals surface area contributed by atoms with Gasteiger partial charge in [0.15, 0.2) is 0 Å². The molecule has 0 unspecified atom stereocenters. The Hall–Kier alpha value is -5.46. The number of nitrogens with one attached hydrogen (secondary N) is 2. The van der Waals surface area contributed by atoms with Gasteiger partial charge < -0.3 is 15.0 Å². The fraction of sp³-hybridized carbons (Fsp3) is 0.311. The van der Waals surface area contributed by atoms with Crippen molar-refractivity contribution >= 4 is 44.8 Å². The van der Waals surface area contributed by atoms with Crippen molar-refractivity contribution in [3.63, 3.8) is 0 Å². The number of sulfonamides is 1. The molecule has 17 heteroatoms. The van der Waals surface area contributed by atoms with Gasteiger partial charge in [-0.05, 0) is 83.8 Å². The van der Waals surface area contributed by atoms with Gasteiger partial charge in [0, 0.05) is 86.4 Å². The van der Waals surface area contributed by atoms with E-state index in [-0.39, 0.29) is 17.3 Å². The molecule has 0 radical (unpaired) electrons. The van der Waals surface area contributed by atoms with E-state index in [1.165, 1.54) is 36.4 Å². The number of hydrogen-bond donors (Lipinski definition) is 2. The van der Waals surface area contributed by atoms with Crippen LogP contribution in [0, 0.1) is 10.1 Å². The third-order valence-electron chi connectivity index (χ3n) is 11.0. The number of rotatable bonds is 16. The van der Waals surface area contributed by atoms with Crippen molar-refractivity contribution in [2.24, 2.45) is 0 Å². The minimum Gasteiger partial charge on any atom is -0.379 e. The number of amides is 1. The summed E-state index contributed by atoms with van der Waals surface area (Å²) >= 11 is 1.62. The molecule has 12 nitrogen and oxygen atoms in total. The van der Waals surface area contributed by atoms with Gasteiger partial charge >= 0.3 is 6.18 Å². The first-order valence-corrected chi connectivity index (χ1v) is 22.7. The molecule has 326 valence electrons. The Morgan fingerprint density at radius 3 is 2.18 bits per heavy atom. The van der Waals surface area contributed by atoms with Crippen LogP contribution >= 0.6 is 11.8 Å². The molecule has 2 aliphatic rings. The zero-order chi connectivity index (χ0) is 43.7. The molecule has 2 aliphatic heterocycles. The van der Waals surface area contributed by atoms with Crippen molar-refractivity contribution in [3.8, 4) is 11.1 Å². The molecule has 2 fully saturated rings. The minimum absolute atomic E-state index is 0.0997. The lowest BCUT2D eigenvalue weighted by molar-refractivity contribution is -0.384. The van der Waals surface area contributed by atoms with Crippen LogP contribution in [0.5, 0.6) is 0 Å². The lowest BCUT2D eigenvalue weighted by Gasteiger charge is -2.36. The molecule has 5 aromatic rings. The van der Waals surface area contributed by atoms with Gasteiger partial charge in [0.1, 0.15) is 5.69 Å². The number of carbonyl (C=O) groups excluding carboxylic acids is 1. The SMILES string of the molecule is O=C(NS(=O)(=O)c1ccc(N[C@H](CCN2CCOCC2)CSc2ccccc2)c([N+](=O)[O-])c1)c1ccc(N2CCN(Cc3ccccc3-c3ccc(C(F)(F)F)cc3)CC2)cc1. The number of halogens is 3. The van der Waals surface area contributed by atoms with Gasteiger partial charge in [0.25, 0.3) is 21.6 Å². The Balaban J connectivity index is 0.951. The quantitative estimate of drug-likeness (QED) is 0.0567. The van der Waals surface area contributed by atoms with Gasteiger partial charge in [-0.15, -0.1) is 11.8 Å². The highest BCUT2D eigenvalue weighted by Crippen LogP contribution is 2.33. The Labute approximate surface area is 363 Å². The van der Waals surface area contributed by atoms with E-state index in [0.717, 1.165) is 59.5 Å². The number of nitro groups is 1. The fourth-order valence-electron chi connectivity index (χ4n) is 7.49. The van der Waals surface area contributed by atoms with Crippen LogP contribution in [0.1, 0.15) is 27.9 Å². The molecule has 62 heavy (non-hydrogen) atoms. The summed E-state index contributed by atoms with van der Waals surface area (Å²) in [7, 11) is -4.49. The molecular formula is C45H47F3N6O6S2. The molecule has 1 amide bonds. The number of carbonyl (C=O) groups is 1. The van der Waals surface area contributed by atoms with Crippen LogP contribution in [0.15, 0.2) is 131 Å². The maximum absolute atomic E-state index is 13.4. The number of alkyl halides is 3. The zero-order valence-electron chi connectivity index (χ0n) is 33.8. The van der Waals surface area contributed by atoms with Gasteiger partial charge in [0.2, 0.25) is 0 Å². The molecule has 5 aromatic carbocycles. The number of thioether (sulfide) groups is 1. The molecule has 7 rings (SSSR count). The topological polar surface area (TPSA) is 137 Å². The Morgan fingerprint density at radius 1 is 0.823 bits per heavy atom. The maximum atomic E-state index is 13.4. The van der Waals surface area contributed by atoms with Crippen molar-refractivity contribution < 1.29 is 36.0 Å². The molecule has 2 N–H and O–H groups in total. The van der Waals surface area contributed by atoms with Crippen molar-refractivity contribution in [2.75, 3.05) is 75.0 Å². The third kappa shape index (κ3) is 11.7. The maximum Gasteiger partial charge on any atom is 0.416 e. The summed E-state index contributed by atoms with van der Waals surface area (Å²) in [6.45, 7) is 7.06. The lowest BCUT2D eigenvalue weighted by Crippen LogP contribution is -2.46. The average Bonchev–Trinajstić information content (AvgIpc) is 3.28. The second-order valence-corrected chi connectivity index (χ2v) is 17.9. The van der Waals surface area contributed by atoms with Gasteiger partial charge in [-0.2, -0.15) is 13.2 Å². The number of morpholine rings is 1. The first-order chi connectivity index (χ1) is 29.8. The van der Waals surface area contributed by atoms with E-state index in [4.69, 9.17) is 4.74 Å². The molecule has 1 atom stereocenters. The Kier molecular flexibility index (Phi) is 14.5. The minimum atomic E-state index is -4.49. The monoisotopic (exact) mass is 888 g/mol. The van der Waals surface area contributed by atoms with E-state index in [1.807, 2.05) is 54.6 Å². The van der Waals surface area contributed by atoms with Crippen LogP contribution in [-0.2, 0) is 27.5 Å². The van der Waals surface area contributed by atoms with Gasteiger partial charge in [-0.25, -0.2) is 13.1 Å². The summed E-state index contributed by atoms with van der Waals surface area (Å²) in [6.07, 6.45) is -3.71. The number of ether oxygens (including phenoxy) is 1. The van der Waals surface area contributed by atoms with Crippen molar-refractivity contribution in [2.45, 2.75) is 35.0 Å². The molecule has 0 aliphatic carbocycles. The highest BCUT2D eigenvalue weighted by molar-refractivity contribution is 7.99. The predicted octanol–water partition coefficient (Wildman–Crippen LogP) is 8.02. The van der Waals surface area contributed by atoms with Crippen LogP contribution in [0.25, 0.3) is 11.1 Å². The summed E-state index contributed by atoms with van der Waals surface area (Å²) in [5.41, 5.74) is 2.61. The van der Waals surface area contributed by atoms with Crippen molar-refractivity contribution in [1.82, 2.24) is 14.5 Å². The first kappa shape index (κ1) is 44.6. The first-order valence-electron chi connectivity index (χ1n) is 20.3. The number of anilines is 2. The molecule has 0 spiro atoms. The number of nitrogens with zero attached hydrogens (tertiary/aromatic N) is 4. The largest absolute Gasteiger partial charge is 0.416 e. The van der Waals surface area contributed by atoms with Crippen LogP contribution < -0.4 is 14.9 Å². The second kappa shape index (κ2) is 20.2. The smallest absolute Gasteiger partial charge is 0.379 e. The highest BCUT2D eigenvalue weighted by atomic mass is 32.2. The van der Waals surface area contributed by atoms with Crippen LogP contribution in [-0.4, -0.2) is 99.9 Å². The van der Waals surface area contributed by atoms with E-state index in [2.05, 4.69) is 24.7 Å². The summed E-state index contributed by atoms with van der Waals surface area (Å²) in [5, 5.41) is 15.6. The van der Waals surface area contributed by atoms with E-state index >= 15 is 0 Å². The summed E-state index contributed by atoms with van der Waals surface area (Å²) < 4.78 is 73.8. The Bertz CT molecular complexity index is 2410. The van der Waals surface area contributed by atoms with E-state index < -0.39 is 43.2 Å². The molecule has 0 aromatic heterocycles. The van der Waals surface area contributed by atoms with Crippen LogP contribution in [0.3, 0.4) is 0 Å². The number of benzene rings is 5. The molecule has 0 bridgehead atoms. The molecule has 2 saturated heterocycles. The Morgan fingerprint density at radius 2 is 1.50 bits per heavy atom. The standard InChI is InChI=1S/C45H47F3N6O6S2/c46-45(47,48)36-14-10-33(11-15-36)41-9-5-4-6-35(41)31-52-22-24-53(25-23-52)38-16-12-34(13-17-38)44(55)50-62(58,59)40-18-19-42(43(30-40)54(56)57)49-37(20-21-51-26-28-60-29-27-51)32-61-39-7-2-1-3-8-39/h1-19,30,37,49H,20-29,31-32H2,(H,50,55)/t37-/m1/s1. The number of hydrogen-bond acceptors (Lipinski definition) is 11. The highest BCUT2D eigenvalue weighted by Gasteiger charge is 2.30. The second-order valence-electron chi connectivity index (χ2n) is 15.1. The fourth-order valence-corrected chi connectivity index (χ4v) is 9.48. The van der Waals surface area contributed by atoms with Gasteiger partial charge in [0.05, 0.1) is 28.6 Å². The summed E-state index contributed by atoms with van der Waals surface area (Å²) in [6, 6.07) is 32.7. The number of piperazine rings is 1. The molecular weight excluding hydrogens is 842 g/mol. The lowest BCUT2D eigenvalue weighted by atomic mass is 9.98. The third-order valence-corrected chi connectivity index (χ3v) is 13.5. The summed E-state index contributed by atoms with van der Waals surface area (Å²) in [4.78, 5) is 32.3. The normalized spacial score (nSPS) is 15.8. The van der Waals surface area contributed by atoms with Crippen LogP contribution in [0.4, 0.5) is 30.2 Å². The van der Waals surface area contributed by atoms with Gasteiger partial charge in [-0.3, -0.25) is 24.7 Å². The zero-order valence-corrected chi connectivity index (χ0v) is 35.4. The summed E-state index contributed by atoms with van der Waals surface area (Å²) in [5.74, 6) is -0.262. The molecule has 0 saturated carbocycles. The van der Waals surface area contributed by atoms with E-state index in [9.17, 15) is 36.5 Å². The van der Waals surface area contributed by atoms with Crippen molar-refractivity contribution in [3.05, 3.63) is 148 Å². The van der Waals surface area contributed by atoms with Crippen molar-refractivity contribution in [1.29, 1.82) is 0 Å². The average molecular weight is 889 g/mol. The number of nitro benzene ring substituents is 1. The van der Waals surface area contributed by atoms with E-state index in [0.29, 0.717) is 63.7 Å². The predicted molar refractivity (Wildman–Crippen MR) is 235 cm³/mol. The molecule has 2 heterocycles. The van der Waals surface area contributed by atoms with Crippen LogP contribution in [0.2, 0.25) is 0 Å². The van der Waals surface area contributed by atoms with E-state index in [1.54, 1.807) is 23.9 Å². The van der Waals surface area contributed by atoms with Gasteiger partial charge in [-0.1, -0.05) is 54.6 Å².